The fraction of sp³-hybridized carbons (Fsp3) is 0.429. The Balaban J connectivity index is 2.50. The average molecular weight is 282 g/mol. The summed E-state index contributed by atoms with van der Waals surface area (Å²) in [6.07, 6.45) is 0.294. The molecule has 2 rings (SSSR count). The van der Waals surface area contributed by atoms with Crippen LogP contribution in [-0.4, -0.2) is 32.8 Å². The number of benzene rings is 1. The van der Waals surface area contributed by atoms with Crippen LogP contribution in [0.5, 0.6) is 5.75 Å². The summed E-state index contributed by atoms with van der Waals surface area (Å²) in [6.45, 7) is 0.198. The summed E-state index contributed by atoms with van der Waals surface area (Å²) < 4.78 is 28.2. The summed E-state index contributed by atoms with van der Waals surface area (Å²) in [7, 11) is 2.50. The molecular weight excluding hydrogens is 267 g/mol. The SMILES string of the molecule is COC(=O)[C@H]1CCOc2cc(F)ccc2[C@@H]1C(=O)OC. The van der Waals surface area contributed by atoms with Crippen molar-refractivity contribution in [3.05, 3.63) is 29.6 Å². The van der Waals surface area contributed by atoms with Crippen LogP contribution in [0.3, 0.4) is 0 Å². The third-order valence-electron chi connectivity index (χ3n) is 3.36. The highest BCUT2D eigenvalue weighted by molar-refractivity contribution is 5.87. The van der Waals surface area contributed by atoms with E-state index in [1.807, 2.05) is 0 Å². The molecule has 0 aliphatic carbocycles. The molecule has 0 unspecified atom stereocenters. The highest BCUT2D eigenvalue weighted by Gasteiger charge is 2.40. The minimum Gasteiger partial charge on any atom is -0.493 e. The van der Waals surface area contributed by atoms with E-state index in [4.69, 9.17) is 14.2 Å². The van der Waals surface area contributed by atoms with Gasteiger partial charge in [-0.15, -0.1) is 0 Å². The van der Waals surface area contributed by atoms with E-state index < -0.39 is 29.6 Å². The van der Waals surface area contributed by atoms with E-state index in [9.17, 15) is 14.0 Å². The van der Waals surface area contributed by atoms with Crippen molar-refractivity contribution in [2.75, 3.05) is 20.8 Å². The molecule has 1 aliphatic heterocycles. The molecule has 0 bridgehead atoms. The summed E-state index contributed by atoms with van der Waals surface area (Å²) in [6, 6.07) is 3.86. The second-order valence-corrected chi connectivity index (χ2v) is 4.45. The number of carbonyl (C=O) groups excluding carboxylic acids is 2. The lowest BCUT2D eigenvalue weighted by Crippen LogP contribution is -2.29. The van der Waals surface area contributed by atoms with Gasteiger partial charge in [-0.1, -0.05) is 6.07 Å². The van der Waals surface area contributed by atoms with E-state index in [-0.39, 0.29) is 12.4 Å². The van der Waals surface area contributed by atoms with Gasteiger partial charge in [-0.2, -0.15) is 0 Å². The van der Waals surface area contributed by atoms with Crippen molar-refractivity contribution in [3.8, 4) is 5.75 Å². The van der Waals surface area contributed by atoms with Crippen molar-refractivity contribution in [1.29, 1.82) is 0 Å². The van der Waals surface area contributed by atoms with E-state index in [0.29, 0.717) is 12.0 Å². The Hall–Kier alpha value is -2.11. The molecule has 20 heavy (non-hydrogen) atoms. The molecule has 0 N–H and O–H groups in total. The van der Waals surface area contributed by atoms with Gasteiger partial charge in [0.05, 0.1) is 32.7 Å². The molecule has 6 heteroatoms. The zero-order valence-corrected chi connectivity index (χ0v) is 11.2. The Morgan fingerprint density at radius 1 is 1.25 bits per heavy atom. The maximum Gasteiger partial charge on any atom is 0.314 e. The Morgan fingerprint density at radius 2 is 1.95 bits per heavy atom. The molecule has 0 amide bonds. The zero-order valence-electron chi connectivity index (χ0n) is 11.2. The zero-order chi connectivity index (χ0) is 14.7. The molecule has 5 nitrogen and oxygen atoms in total. The molecule has 1 aliphatic rings. The highest BCUT2D eigenvalue weighted by atomic mass is 19.1. The predicted molar refractivity (Wildman–Crippen MR) is 66.8 cm³/mol. The van der Waals surface area contributed by atoms with Crippen molar-refractivity contribution < 1.29 is 28.2 Å². The van der Waals surface area contributed by atoms with Crippen LogP contribution in [0.4, 0.5) is 4.39 Å². The summed E-state index contributed by atoms with van der Waals surface area (Å²) in [5.74, 6) is -2.86. The van der Waals surface area contributed by atoms with Crippen LogP contribution in [0.2, 0.25) is 0 Å². The molecular formula is C14H15FO5. The number of rotatable bonds is 2. The first kappa shape index (κ1) is 14.3. The van der Waals surface area contributed by atoms with Crippen molar-refractivity contribution in [2.24, 2.45) is 5.92 Å². The number of fused-ring (bicyclic) bond motifs is 1. The Kier molecular flexibility index (Phi) is 4.22. The van der Waals surface area contributed by atoms with Gasteiger partial charge in [0, 0.05) is 11.6 Å². The van der Waals surface area contributed by atoms with Crippen LogP contribution in [0, 0.1) is 11.7 Å². The Bertz CT molecular complexity index is 528. The minimum absolute atomic E-state index is 0.198. The first-order chi connectivity index (χ1) is 9.58. The standard InChI is InChI=1S/C14H15FO5/c1-18-13(16)10-5-6-20-11-7-8(15)3-4-9(11)12(10)14(17)19-2/h3-4,7,10,12H,5-6H2,1-2H3/t10-,12-/m0/s1. The van der Waals surface area contributed by atoms with Gasteiger partial charge in [-0.05, 0) is 12.5 Å². The number of ether oxygens (including phenoxy) is 3. The molecule has 0 saturated heterocycles. The van der Waals surface area contributed by atoms with Gasteiger partial charge in [-0.3, -0.25) is 9.59 Å². The lowest BCUT2D eigenvalue weighted by Gasteiger charge is -2.21. The van der Waals surface area contributed by atoms with Gasteiger partial charge >= 0.3 is 11.9 Å². The number of halogens is 1. The molecule has 108 valence electrons. The van der Waals surface area contributed by atoms with Crippen molar-refractivity contribution >= 4 is 11.9 Å². The first-order valence-electron chi connectivity index (χ1n) is 6.16. The summed E-state index contributed by atoms with van der Waals surface area (Å²) in [4.78, 5) is 23.9. The first-order valence-corrected chi connectivity index (χ1v) is 6.16. The molecule has 1 aromatic carbocycles. The average Bonchev–Trinajstić information content (AvgIpc) is 2.64. The molecule has 0 saturated carbocycles. The van der Waals surface area contributed by atoms with Crippen LogP contribution in [0.15, 0.2) is 18.2 Å². The lowest BCUT2D eigenvalue weighted by molar-refractivity contribution is -0.154. The van der Waals surface area contributed by atoms with E-state index in [0.717, 1.165) is 0 Å². The fourth-order valence-electron chi connectivity index (χ4n) is 2.39. The molecule has 1 heterocycles. The van der Waals surface area contributed by atoms with Crippen LogP contribution in [0.25, 0.3) is 0 Å². The number of methoxy groups -OCH3 is 2. The van der Waals surface area contributed by atoms with Gasteiger partial charge in [0.2, 0.25) is 0 Å². The second-order valence-electron chi connectivity index (χ2n) is 4.45. The largest absolute Gasteiger partial charge is 0.493 e. The molecule has 0 radical (unpaired) electrons. The number of hydrogen-bond donors (Lipinski definition) is 0. The van der Waals surface area contributed by atoms with Crippen LogP contribution >= 0.6 is 0 Å². The summed E-state index contributed by atoms with van der Waals surface area (Å²) >= 11 is 0. The predicted octanol–water partition coefficient (Wildman–Crippen LogP) is 1.65. The lowest BCUT2D eigenvalue weighted by atomic mass is 9.84. The second kappa shape index (κ2) is 5.90. The Labute approximate surface area is 115 Å². The van der Waals surface area contributed by atoms with E-state index in [1.165, 1.54) is 32.4 Å². The number of hydrogen-bond acceptors (Lipinski definition) is 5. The quantitative estimate of drug-likeness (QED) is 0.772. The normalized spacial score (nSPS) is 21.1. The van der Waals surface area contributed by atoms with E-state index in [2.05, 4.69) is 0 Å². The number of esters is 2. The van der Waals surface area contributed by atoms with Gasteiger partial charge in [-0.25, -0.2) is 4.39 Å². The fourth-order valence-corrected chi connectivity index (χ4v) is 2.39. The monoisotopic (exact) mass is 282 g/mol. The summed E-state index contributed by atoms with van der Waals surface area (Å²) in [5.41, 5.74) is 0.436. The molecule has 1 aromatic rings. The summed E-state index contributed by atoms with van der Waals surface area (Å²) in [5, 5.41) is 0. The molecule has 0 aromatic heterocycles. The third kappa shape index (κ3) is 2.59. The van der Waals surface area contributed by atoms with Gasteiger partial charge in [0.1, 0.15) is 11.6 Å². The Morgan fingerprint density at radius 3 is 2.60 bits per heavy atom. The maximum atomic E-state index is 13.3. The third-order valence-corrected chi connectivity index (χ3v) is 3.36. The van der Waals surface area contributed by atoms with Gasteiger partial charge in [0.15, 0.2) is 0 Å². The molecule has 2 atom stereocenters. The minimum atomic E-state index is -0.856. The van der Waals surface area contributed by atoms with Crippen molar-refractivity contribution in [1.82, 2.24) is 0 Å². The van der Waals surface area contributed by atoms with Crippen LogP contribution in [0.1, 0.15) is 17.9 Å². The van der Waals surface area contributed by atoms with E-state index >= 15 is 0 Å². The van der Waals surface area contributed by atoms with Crippen molar-refractivity contribution in [3.63, 3.8) is 0 Å². The smallest absolute Gasteiger partial charge is 0.314 e. The number of carbonyl (C=O) groups is 2. The van der Waals surface area contributed by atoms with Gasteiger partial charge in [0.25, 0.3) is 0 Å². The molecule has 0 spiro atoms. The van der Waals surface area contributed by atoms with Crippen LogP contribution < -0.4 is 4.74 Å². The topological polar surface area (TPSA) is 61.8 Å². The maximum absolute atomic E-state index is 13.3. The van der Waals surface area contributed by atoms with Crippen molar-refractivity contribution in [2.45, 2.75) is 12.3 Å². The van der Waals surface area contributed by atoms with Gasteiger partial charge < -0.3 is 14.2 Å². The van der Waals surface area contributed by atoms with E-state index in [1.54, 1.807) is 0 Å². The van der Waals surface area contributed by atoms with Crippen LogP contribution in [-0.2, 0) is 19.1 Å². The molecule has 0 fully saturated rings. The highest BCUT2D eigenvalue weighted by Crippen LogP contribution is 2.38.